The molecule has 0 unspecified atom stereocenters. The van der Waals surface area contributed by atoms with E-state index in [9.17, 15) is 14.9 Å². The van der Waals surface area contributed by atoms with Gasteiger partial charge in [-0.05, 0) is 36.4 Å². The SMILES string of the molecule is N#Cc1ccccc1NC(=O)c1nc(C(=O)Nc2ccccc2)c2ccccn12. The molecule has 0 aliphatic rings. The van der Waals surface area contributed by atoms with Crippen LogP contribution in [-0.2, 0) is 0 Å². The summed E-state index contributed by atoms with van der Waals surface area (Å²) in [6.45, 7) is 0. The molecule has 2 aromatic carbocycles. The van der Waals surface area contributed by atoms with Crippen molar-refractivity contribution in [2.45, 2.75) is 0 Å². The normalized spacial score (nSPS) is 10.3. The van der Waals surface area contributed by atoms with Crippen molar-refractivity contribution >= 4 is 28.7 Å². The predicted octanol–water partition coefficient (Wildman–Crippen LogP) is 3.71. The predicted molar refractivity (Wildman–Crippen MR) is 109 cm³/mol. The largest absolute Gasteiger partial charge is 0.321 e. The first-order valence-corrected chi connectivity index (χ1v) is 8.81. The standard InChI is InChI=1S/C22H15N5O2/c23-14-15-8-4-5-11-17(15)25-22(29)20-26-19(18-12-6-7-13-27(18)20)21(28)24-16-9-2-1-3-10-16/h1-13H,(H,24,28)(H,25,29). The first kappa shape index (κ1) is 17.9. The number of pyridine rings is 1. The number of amides is 2. The number of hydrogen-bond donors (Lipinski definition) is 2. The summed E-state index contributed by atoms with van der Waals surface area (Å²) in [5.74, 6) is -0.893. The van der Waals surface area contributed by atoms with Crippen LogP contribution in [0.5, 0.6) is 0 Å². The number of aromatic nitrogens is 2. The minimum atomic E-state index is -0.521. The van der Waals surface area contributed by atoms with Crippen LogP contribution >= 0.6 is 0 Å². The van der Waals surface area contributed by atoms with Crippen LogP contribution in [0, 0.1) is 11.3 Å². The van der Waals surface area contributed by atoms with E-state index in [-0.39, 0.29) is 11.5 Å². The summed E-state index contributed by atoms with van der Waals surface area (Å²) in [5.41, 5.74) is 1.98. The van der Waals surface area contributed by atoms with E-state index in [1.54, 1.807) is 65.2 Å². The number of para-hydroxylation sites is 2. The topological polar surface area (TPSA) is 99.3 Å². The van der Waals surface area contributed by atoms with Crippen molar-refractivity contribution in [2.24, 2.45) is 0 Å². The number of anilines is 2. The van der Waals surface area contributed by atoms with Crippen LogP contribution in [0.15, 0.2) is 79.0 Å². The molecule has 2 amide bonds. The number of hydrogen-bond acceptors (Lipinski definition) is 4. The third-order valence-electron chi connectivity index (χ3n) is 4.29. The molecule has 2 aromatic heterocycles. The molecule has 0 radical (unpaired) electrons. The van der Waals surface area contributed by atoms with Gasteiger partial charge >= 0.3 is 0 Å². The molecule has 0 saturated carbocycles. The van der Waals surface area contributed by atoms with E-state index in [0.717, 1.165) is 0 Å². The Morgan fingerprint density at radius 3 is 2.38 bits per heavy atom. The third kappa shape index (κ3) is 3.55. The van der Waals surface area contributed by atoms with E-state index >= 15 is 0 Å². The molecular formula is C22H15N5O2. The molecule has 0 saturated heterocycles. The fourth-order valence-electron chi connectivity index (χ4n) is 2.94. The van der Waals surface area contributed by atoms with Gasteiger partial charge in [-0.1, -0.05) is 36.4 Å². The molecule has 0 spiro atoms. The Morgan fingerprint density at radius 2 is 1.59 bits per heavy atom. The Balaban J connectivity index is 1.70. The number of carbonyl (C=O) groups excluding carboxylic acids is 2. The van der Waals surface area contributed by atoms with E-state index in [0.29, 0.717) is 22.5 Å². The van der Waals surface area contributed by atoms with Crippen LogP contribution in [-0.4, -0.2) is 21.2 Å². The van der Waals surface area contributed by atoms with Crippen LogP contribution in [0.3, 0.4) is 0 Å². The molecule has 4 rings (SSSR count). The van der Waals surface area contributed by atoms with Gasteiger partial charge in [0.05, 0.1) is 16.8 Å². The van der Waals surface area contributed by atoms with E-state index in [4.69, 9.17) is 0 Å². The van der Waals surface area contributed by atoms with Gasteiger partial charge in [-0.15, -0.1) is 0 Å². The second kappa shape index (κ2) is 7.66. The Bertz CT molecular complexity index is 1260. The second-order valence-corrected chi connectivity index (χ2v) is 6.17. The summed E-state index contributed by atoms with van der Waals surface area (Å²) in [6, 6.07) is 22.9. The summed E-state index contributed by atoms with van der Waals surface area (Å²) in [4.78, 5) is 29.9. The first-order valence-electron chi connectivity index (χ1n) is 8.81. The van der Waals surface area contributed by atoms with Gasteiger partial charge in [-0.3, -0.25) is 14.0 Å². The molecule has 2 N–H and O–H groups in total. The van der Waals surface area contributed by atoms with Crippen molar-refractivity contribution in [3.8, 4) is 6.07 Å². The number of nitriles is 1. The lowest BCUT2D eigenvalue weighted by Gasteiger charge is -2.05. The van der Waals surface area contributed by atoms with Gasteiger partial charge in [0.25, 0.3) is 11.8 Å². The Morgan fingerprint density at radius 1 is 0.862 bits per heavy atom. The maximum atomic E-state index is 12.9. The average Bonchev–Trinajstić information content (AvgIpc) is 3.15. The summed E-state index contributed by atoms with van der Waals surface area (Å²) >= 11 is 0. The quantitative estimate of drug-likeness (QED) is 0.563. The molecule has 29 heavy (non-hydrogen) atoms. The minimum Gasteiger partial charge on any atom is -0.321 e. The van der Waals surface area contributed by atoms with Crippen molar-refractivity contribution in [1.29, 1.82) is 5.26 Å². The van der Waals surface area contributed by atoms with Crippen LogP contribution in [0.2, 0.25) is 0 Å². The lowest BCUT2D eigenvalue weighted by molar-refractivity contribution is 0.101. The Kier molecular flexibility index (Phi) is 4.74. The Labute approximate surface area is 166 Å². The molecule has 7 nitrogen and oxygen atoms in total. The van der Waals surface area contributed by atoms with Crippen molar-refractivity contribution in [2.75, 3.05) is 10.6 Å². The van der Waals surface area contributed by atoms with Gasteiger partial charge in [-0.2, -0.15) is 5.26 Å². The highest BCUT2D eigenvalue weighted by Crippen LogP contribution is 2.18. The first-order chi connectivity index (χ1) is 14.2. The zero-order chi connectivity index (χ0) is 20.2. The van der Waals surface area contributed by atoms with Gasteiger partial charge in [0.2, 0.25) is 5.82 Å². The second-order valence-electron chi connectivity index (χ2n) is 6.17. The number of carbonyl (C=O) groups is 2. The van der Waals surface area contributed by atoms with Gasteiger partial charge in [0, 0.05) is 11.9 Å². The van der Waals surface area contributed by atoms with Crippen molar-refractivity contribution in [3.05, 3.63) is 96.1 Å². The van der Waals surface area contributed by atoms with Crippen molar-refractivity contribution in [3.63, 3.8) is 0 Å². The summed E-state index contributed by atoms with van der Waals surface area (Å²) in [5, 5.41) is 14.7. The molecule has 0 bridgehead atoms. The summed E-state index contributed by atoms with van der Waals surface area (Å²) in [7, 11) is 0. The molecule has 0 fully saturated rings. The van der Waals surface area contributed by atoms with E-state index in [1.165, 1.54) is 0 Å². The zero-order valence-corrected chi connectivity index (χ0v) is 15.2. The van der Waals surface area contributed by atoms with E-state index < -0.39 is 11.8 Å². The summed E-state index contributed by atoms with van der Waals surface area (Å²) < 4.78 is 1.55. The Hall–Kier alpha value is -4.44. The fraction of sp³-hybridized carbons (Fsp3) is 0. The molecule has 4 aromatic rings. The number of rotatable bonds is 4. The highest BCUT2D eigenvalue weighted by atomic mass is 16.2. The van der Waals surface area contributed by atoms with Crippen LogP contribution < -0.4 is 10.6 Å². The summed E-state index contributed by atoms with van der Waals surface area (Å²) in [6.07, 6.45) is 1.66. The monoisotopic (exact) mass is 381 g/mol. The van der Waals surface area contributed by atoms with Gasteiger partial charge in [0.1, 0.15) is 6.07 Å². The molecular weight excluding hydrogens is 366 g/mol. The van der Waals surface area contributed by atoms with Gasteiger partial charge in [-0.25, -0.2) is 4.98 Å². The lowest BCUT2D eigenvalue weighted by atomic mass is 10.2. The smallest absolute Gasteiger partial charge is 0.292 e. The molecule has 7 heteroatoms. The molecule has 0 aliphatic carbocycles. The molecule has 140 valence electrons. The maximum absolute atomic E-state index is 12.9. The fourth-order valence-corrected chi connectivity index (χ4v) is 2.94. The third-order valence-corrected chi connectivity index (χ3v) is 4.29. The highest BCUT2D eigenvalue weighted by molar-refractivity contribution is 6.10. The van der Waals surface area contributed by atoms with Crippen molar-refractivity contribution in [1.82, 2.24) is 9.38 Å². The van der Waals surface area contributed by atoms with E-state index in [2.05, 4.69) is 15.6 Å². The molecule has 0 atom stereocenters. The maximum Gasteiger partial charge on any atom is 0.292 e. The molecule has 0 aliphatic heterocycles. The number of imidazole rings is 1. The lowest BCUT2D eigenvalue weighted by Crippen LogP contribution is -2.17. The van der Waals surface area contributed by atoms with E-state index in [1.807, 2.05) is 24.3 Å². The van der Waals surface area contributed by atoms with Crippen molar-refractivity contribution < 1.29 is 9.59 Å². The number of nitrogens with one attached hydrogen (secondary N) is 2. The highest BCUT2D eigenvalue weighted by Gasteiger charge is 2.22. The van der Waals surface area contributed by atoms with Gasteiger partial charge < -0.3 is 10.6 Å². The number of fused-ring (bicyclic) bond motifs is 1. The zero-order valence-electron chi connectivity index (χ0n) is 15.2. The van der Waals surface area contributed by atoms with Crippen LogP contribution in [0.1, 0.15) is 26.7 Å². The van der Waals surface area contributed by atoms with Crippen LogP contribution in [0.4, 0.5) is 11.4 Å². The minimum absolute atomic E-state index is 0.0477. The average molecular weight is 381 g/mol. The molecule has 2 heterocycles. The van der Waals surface area contributed by atoms with Crippen LogP contribution in [0.25, 0.3) is 5.52 Å². The number of benzene rings is 2. The number of nitrogens with zero attached hydrogens (tertiary/aromatic N) is 3. The van der Waals surface area contributed by atoms with Gasteiger partial charge in [0.15, 0.2) is 5.69 Å².